The minimum Gasteiger partial charge on any atom is -0.462 e. The fourth-order valence-corrected chi connectivity index (χ4v) is 2.66. The summed E-state index contributed by atoms with van der Waals surface area (Å²) < 4.78 is 12.1. The molecule has 1 heterocycles. The minimum absolute atomic E-state index is 0.248. The maximum Gasteiger partial charge on any atom is 0.419 e. The molecule has 1 aromatic heterocycles. The number of carbonyl (C=O) groups is 1. The molecule has 0 saturated heterocycles. The standard InChI is InChI=1S/C19H19NO4/c1-13-7-5-8-15(14(13)2)18(21)23-12-6-11-20-16-9-3-4-10-17(16)24-19(20)22/h3-5,7-10H,6,11-12H2,1-2H3. The Bertz CT molecular complexity index is 936. The second-order valence-electron chi connectivity index (χ2n) is 5.72. The van der Waals surface area contributed by atoms with E-state index >= 15 is 0 Å². The van der Waals surface area contributed by atoms with Crippen LogP contribution < -0.4 is 5.76 Å². The molecule has 0 saturated carbocycles. The Balaban J connectivity index is 1.61. The highest BCUT2D eigenvalue weighted by Gasteiger charge is 2.12. The van der Waals surface area contributed by atoms with Gasteiger partial charge in [-0.3, -0.25) is 4.57 Å². The molecule has 0 bridgehead atoms. The second kappa shape index (κ2) is 6.74. The average Bonchev–Trinajstić information content (AvgIpc) is 2.89. The van der Waals surface area contributed by atoms with Crippen LogP contribution in [0.2, 0.25) is 0 Å². The van der Waals surface area contributed by atoms with E-state index < -0.39 is 5.76 Å². The van der Waals surface area contributed by atoms with E-state index in [1.807, 2.05) is 44.2 Å². The zero-order valence-corrected chi connectivity index (χ0v) is 13.7. The number of hydrogen-bond acceptors (Lipinski definition) is 4. The van der Waals surface area contributed by atoms with E-state index in [0.717, 1.165) is 16.6 Å². The molecule has 3 rings (SSSR count). The lowest BCUT2D eigenvalue weighted by Crippen LogP contribution is -2.16. The highest BCUT2D eigenvalue weighted by Crippen LogP contribution is 2.14. The van der Waals surface area contributed by atoms with E-state index in [-0.39, 0.29) is 12.6 Å². The Morgan fingerprint density at radius 1 is 1.12 bits per heavy atom. The Labute approximate surface area is 139 Å². The molecule has 0 aliphatic carbocycles. The zero-order chi connectivity index (χ0) is 17.1. The number of hydrogen-bond donors (Lipinski definition) is 0. The number of ether oxygens (including phenoxy) is 1. The first-order valence-electron chi connectivity index (χ1n) is 7.89. The van der Waals surface area contributed by atoms with E-state index in [2.05, 4.69) is 0 Å². The molecular weight excluding hydrogens is 306 g/mol. The van der Waals surface area contributed by atoms with Gasteiger partial charge in [0, 0.05) is 6.54 Å². The van der Waals surface area contributed by atoms with Crippen LogP contribution in [0.3, 0.4) is 0 Å². The summed E-state index contributed by atoms with van der Waals surface area (Å²) in [6.45, 7) is 4.56. The molecule has 0 amide bonds. The molecule has 24 heavy (non-hydrogen) atoms. The van der Waals surface area contributed by atoms with E-state index in [1.54, 1.807) is 16.7 Å². The van der Waals surface area contributed by atoms with E-state index in [1.165, 1.54) is 0 Å². The molecule has 2 aromatic carbocycles. The van der Waals surface area contributed by atoms with Crippen molar-refractivity contribution in [3.05, 3.63) is 69.7 Å². The van der Waals surface area contributed by atoms with Crippen molar-refractivity contribution in [3.8, 4) is 0 Å². The number of para-hydroxylation sites is 2. The summed E-state index contributed by atoms with van der Waals surface area (Å²) in [5, 5.41) is 0. The summed E-state index contributed by atoms with van der Waals surface area (Å²) in [6, 6.07) is 12.8. The Morgan fingerprint density at radius 3 is 2.75 bits per heavy atom. The van der Waals surface area contributed by atoms with Gasteiger partial charge in [0.2, 0.25) is 0 Å². The van der Waals surface area contributed by atoms with Crippen molar-refractivity contribution in [2.75, 3.05) is 6.61 Å². The van der Waals surface area contributed by atoms with Crippen LogP contribution in [0.4, 0.5) is 0 Å². The third-order valence-corrected chi connectivity index (χ3v) is 4.16. The summed E-state index contributed by atoms with van der Waals surface area (Å²) in [4.78, 5) is 24.0. The van der Waals surface area contributed by atoms with Crippen molar-refractivity contribution < 1.29 is 13.9 Å². The van der Waals surface area contributed by atoms with Gasteiger partial charge in [0.25, 0.3) is 0 Å². The van der Waals surface area contributed by atoms with Crippen LogP contribution >= 0.6 is 0 Å². The molecule has 0 aliphatic rings. The number of benzene rings is 2. The Morgan fingerprint density at radius 2 is 1.92 bits per heavy atom. The number of aryl methyl sites for hydroxylation is 2. The molecule has 124 valence electrons. The third kappa shape index (κ3) is 3.11. The quantitative estimate of drug-likeness (QED) is 0.532. The number of aromatic nitrogens is 1. The fourth-order valence-electron chi connectivity index (χ4n) is 2.66. The van der Waals surface area contributed by atoms with Gasteiger partial charge in [-0.15, -0.1) is 0 Å². The molecule has 0 atom stereocenters. The first-order valence-corrected chi connectivity index (χ1v) is 7.89. The monoisotopic (exact) mass is 325 g/mol. The molecule has 0 radical (unpaired) electrons. The van der Waals surface area contributed by atoms with Gasteiger partial charge in [-0.1, -0.05) is 24.3 Å². The zero-order valence-electron chi connectivity index (χ0n) is 13.7. The van der Waals surface area contributed by atoms with Gasteiger partial charge < -0.3 is 9.15 Å². The van der Waals surface area contributed by atoms with Gasteiger partial charge in [0.05, 0.1) is 17.7 Å². The van der Waals surface area contributed by atoms with Gasteiger partial charge in [0.1, 0.15) is 0 Å². The van der Waals surface area contributed by atoms with Crippen LogP contribution in [0.1, 0.15) is 27.9 Å². The molecule has 0 spiro atoms. The largest absolute Gasteiger partial charge is 0.462 e. The third-order valence-electron chi connectivity index (χ3n) is 4.16. The van der Waals surface area contributed by atoms with Crippen LogP contribution in [0.5, 0.6) is 0 Å². The number of carbonyl (C=O) groups excluding carboxylic acids is 1. The highest BCUT2D eigenvalue weighted by molar-refractivity contribution is 5.91. The van der Waals surface area contributed by atoms with Crippen molar-refractivity contribution >= 4 is 17.1 Å². The Hall–Kier alpha value is -2.82. The lowest BCUT2D eigenvalue weighted by Gasteiger charge is -2.09. The molecule has 5 heteroatoms. The number of oxazole rings is 1. The average molecular weight is 325 g/mol. The number of fused-ring (bicyclic) bond motifs is 1. The van der Waals surface area contributed by atoms with E-state index in [9.17, 15) is 9.59 Å². The van der Waals surface area contributed by atoms with Crippen LogP contribution in [0.15, 0.2) is 51.7 Å². The first kappa shape index (κ1) is 16.1. The summed E-state index contributed by atoms with van der Waals surface area (Å²) in [7, 11) is 0. The van der Waals surface area contributed by atoms with Crippen molar-refractivity contribution in [2.45, 2.75) is 26.8 Å². The highest BCUT2D eigenvalue weighted by atomic mass is 16.5. The van der Waals surface area contributed by atoms with Crippen LogP contribution in [-0.2, 0) is 11.3 Å². The molecule has 0 unspecified atom stereocenters. The topological polar surface area (TPSA) is 61.4 Å². The van der Waals surface area contributed by atoms with Crippen molar-refractivity contribution in [2.24, 2.45) is 0 Å². The summed E-state index contributed by atoms with van der Waals surface area (Å²) >= 11 is 0. The summed E-state index contributed by atoms with van der Waals surface area (Å²) in [6.07, 6.45) is 0.542. The molecule has 0 aliphatic heterocycles. The van der Waals surface area contributed by atoms with Crippen LogP contribution in [-0.4, -0.2) is 17.1 Å². The van der Waals surface area contributed by atoms with Gasteiger partial charge in [0.15, 0.2) is 5.58 Å². The Kier molecular flexibility index (Phi) is 4.51. The molecule has 5 nitrogen and oxygen atoms in total. The van der Waals surface area contributed by atoms with Crippen LogP contribution in [0, 0.1) is 13.8 Å². The van der Waals surface area contributed by atoms with Crippen molar-refractivity contribution in [3.63, 3.8) is 0 Å². The summed E-state index contributed by atoms with van der Waals surface area (Å²) in [5.74, 6) is -0.724. The number of esters is 1. The second-order valence-corrected chi connectivity index (χ2v) is 5.72. The van der Waals surface area contributed by atoms with Gasteiger partial charge in [-0.05, 0) is 49.6 Å². The number of rotatable bonds is 5. The molecular formula is C19H19NO4. The number of nitrogens with zero attached hydrogens (tertiary/aromatic N) is 1. The smallest absolute Gasteiger partial charge is 0.419 e. The maximum atomic E-state index is 12.1. The predicted octanol–water partition coefficient (Wildman–Crippen LogP) is 3.46. The SMILES string of the molecule is Cc1cccc(C(=O)OCCCn2c(=O)oc3ccccc32)c1C. The van der Waals surface area contributed by atoms with Crippen molar-refractivity contribution in [1.82, 2.24) is 4.57 Å². The van der Waals surface area contributed by atoms with Crippen LogP contribution in [0.25, 0.3) is 11.1 Å². The first-order chi connectivity index (χ1) is 11.6. The molecule has 3 aromatic rings. The van der Waals surface area contributed by atoms with E-state index in [0.29, 0.717) is 24.1 Å². The maximum absolute atomic E-state index is 12.1. The fraction of sp³-hybridized carbons (Fsp3) is 0.263. The van der Waals surface area contributed by atoms with Gasteiger partial charge in [-0.25, -0.2) is 9.59 Å². The molecule has 0 fully saturated rings. The van der Waals surface area contributed by atoms with E-state index in [4.69, 9.17) is 9.15 Å². The van der Waals surface area contributed by atoms with Gasteiger partial charge >= 0.3 is 11.7 Å². The predicted molar refractivity (Wildman–Crippen MR) is 91.3 cm³/mol. The lowest BCUT2D eigenvalue weighted by molar-refractivity contribution is 0.0495. The minimum atomic E-state index is -0.392. The normalized spacial score (nSPS) is 10.9. The van der Waals surface area contributed by atoms with Gasteiger partial charge in [-0.2, -0.15) is 0 Å². The lowest BCUT2D eigenvalue weighted by atomic mass is 10.0. The molecule has 0 N–H and O–H groups in total. The van der Waals surface area contributed by atoms with Crippen molar-refractivity contribution in [1.29, 1.82) is 0 Å². The summed E-state index contributed by atoms with van der Waals surface area (Å²) in [5.41, 5.74) is 3.89.